The third-order valence-corrected chi connectivity index (χ3v) is 15.2. The van der Waals surface area contributed by atoms with Crippen LogP contribution in [0, 0.1) is 23.6 Å². The molecule has 6 rings (SSSR count). The zero-order valence-electron chi connectivity index (χ0n) is 43.9. The summed E-state index contributed by atoms with van der Waals surface area (Å²) in [6.45, 7) is 18.6. The molecule has 0 bridgehead atoms. The van der Waals surface area contributed by atoms with Crippen molar-refractivity contribution >= 4 is 18.2 Å². The molecule has 5 heterocycles. The zero-order chi connectivity index (χ0) is 52.3. The SMILES string of the molecule is CC[C@H]1OC(=O)[C@H](C)[C@@H](O[C@H]2C[C@@](C)(OC)[C@@H](OC(=O)NCc3cn(Cc4ccccc4F)nn3)[C@H](C)O2)[C@H](C)[C@@H](O[C@@H]2O[C@H](C)C[C@H](N(C)C)[C@H]2O)[C@](C)(O)C[C@@H](C)CN(C)[C@H](C)[C@H]2OC(=O)O[C@@]21C. The predicted octanol–water partition coefficient (Wildman–Crippen LogP) is 4.80. The Morgan fingerprint density at radius 2 is 1.72 bits per heavy atom. The molecule has 2 aromatic rings. The zero-order valence-corrected chi connectivity index (χ0v) is 43.9. The number of nitrogens with one attached hydrogen (secondary N) is 1. The van der Waals surface area contributed by atoms with Crippen molar-refractivity contribution in [1.29, 1.82) is 0 Å². The Morgan fingerprint density at radius 3 is 2.38 bits per heavy atom. The molecule has 1 aromatic heterocycles. The van der Waals surface area contributed by atoms with Crippen molar-refractivity contribution in [3.8, 4) is 0 Å². The molecular formula is C50H79FN6O14. The van der Waals surface area contributed by atoms with Gasteiger partial charge in [0.25, 0.3) is 0 Å². The summed E-state index contributed by atoms with van der Waals surface area (Å²) < 4.78 is 72.4. The largest absolute Gasteiger partial charge is 0.509 e. The van der Waals surface area contributed by atoms with Crippen molar-refractivity contribution in [2.24, 2.45) is 17.8 Å². The van der Waals surface area contributed by atoms with Gasteiger partial charge in [0.2, 0.25) is 0 Å². The highest BCUT2D eigenvalue weighted by Gasteiger charge is 2.58. The summed E-state index contributed by atoms with van der Waals surface area (Å²) >= 11 is 0. The van der Waals surface area contributed by atoms with Crippen molar-refractivity contribution in [3.63, 3.8) is 0 Å². The minimum atomic E-state index is -1.63. The monoisotopic (exact) mass is 1010 g/mol. The van der Waals surface area contributed by atoms with Crippen LogP contribution in [0.2, 0.25) is 0 Å². The molecule has 4 aliphatic rings. The van der Waals surface area contributed by atoms with Crippen LogP contribution < -0.4 is 5.32 Å². The van der Waals surface area contributed by atoms with Gasteiger partial charge in [-0.2, -0.15) is 0 Å². The number of carbonyl (C=O) groups excluding carboxylic acids is 3. The molecule has 0 radical (unpaired) electrons. The highest BCUT2D eigenvalue weighted by molar-refractivity contribution is 5.73. The second kappa shape index (κ2) is 23.0. The van der Waals surface area contributed by atoms with Gasteiger partial charge in [-0.1, -0.05) is 44.2 Å². The first-order chi connectivity index (χ1) is 33.3. The van der Waals surface area contributed by atoms with E-state index < -0.39 is 108 Å². The third kappa shape index (κ3) is 12.8. The van der Waals surface area contributed by atoms with Gasteiger partial charge in [-0.05, 0) is 101 Å². The number of alkyl carbamates (subject to hydrolysis) is 1. The molecule has 0 unspecified atom stereocenters. The number of methoxy groups -OCH3 is 1. The maximum Gasteiger partial charge on any atom is 0.509 e. The fourth-order valence-corrected chi connectivity index (χ4v) is 11.2. The standard InChI is InChI=1S/C50H79FN6O14/c1-15-37-50(10)42(70-47(61)71-50)31(6)56(13)24-27(2)21-48(8,62)41(68-45-39(58)36(55(11)12)20-28(3)64-45)29(4)40(30(5)44(59)66-37)67-38-22-49(9,63-14)43(32(7)65-38)69-46(60)52-23-34-26-57(54-53-34)25-33-18-16-17-19-35(33)51/h16-19,26-32,36-43,45,58,62H,15,20-25H2,1-14H3,(H,52,60)/t27-,28-,29+,30-,31-,32+,36+,37-,38+,39-,40+,41-,42-,43+,45+,48-,49-,50-/m1/s1. The molecule has 4 saturated heterocycles. The highest BCUT2D eigenvalue weighted by Crippen LogP contribution is 2.42. The highest BCUT2D eigenvalue weighted by atomic mass is 19.1. The summed E-state index contributed by atoms with van der Waals surface area (Å²) in [5, 5.41) is 35.4. The molecule has 4 aliphatic heterocycles. The Kier molecular flexibility index (Phi) is 18.2. The fourth-order valence-electron chi connectivity index (χ4n) is 11.2. The van der Waals surface area contributed by atoms with Crippen molar-refractivity contribution in [3.05, 3.63) is 47.5 Å². The van der Waals surface area contributed by atoms with Gasteiger partial charge in [0.1, 0.15) is 29.3 Å². The van der Waals surface area contributed by atoms with Gasteiger partial charge < -0.3 is 63.1 Å². The number of aliphatic hydroxyl groups is 2. The second-order valence-corrected chi connectivity index (χ2v) is 21.3. The number of likely N-dealkylation sites (N-methyl/N-ethyl adjacent to an activating group) is 2. The molecule has 4 fully saturated rings. The third-order valence-electron chi connectivity index (χ3n) is 15.2. The van der Waals surface area contributed by atoms with E-state index in [-0.39, 0.29) is 56.2 Å². The summed E-state index contributed by atoms with van der Waals surface area (Å²) in [5.41, 5.74) is -3.34. The number of benzene rings is 1. The van der Waals surface area contributed by atoms with E-state index in [0.717, 1.165) is 0 Å². The molecular weight excluding hydrogens is 928 g/mol. The van der Waals surface area contributed by atoms with Crippen LogP contribution in [0.1, 0.15) is 106 Å². The maximum atomic E-state index is 14.8. The fraction of sp³-hybridized carbons (Fsp3) is 0.780. The quantitative estimate of drug-likeness (QED) is 0.192. The molecule has 18 atom stereocenters. The number of aromatic nitrogens is 3. The summed E-state index contributed by atoms with van der Waals surface area (Å²) in [6, 6.07) is 5.64. The van der Waals surface area contributed by atoms with E-state index in [1.54, 1.807) is 59.0 Å². The average molecular weight is 1010 g/mol. The number of rotatable bonds is 12. The number of carbonyl (C=O) groups is 3. The minimum Gasteiger partial charge on any atom is -0.458 e. The molecule has 0 saturated carbocycles. The van der Waals surface area contributed by atoms with Gasteiger partial charge >= 0.3 is 18.2 Å². The topological polar surface area (TPSA) is 224 Å². The first-order valence-electron chi connectivity index (χ1n) is 24.9. The van der Waals surface area contributed by atoms with Crippen LogP contribution in [-0.2, 0) is 60.5 Å². The number of hydrogen-bond acceptors (Lipinski definition) is 18. The van der Waals surface area contributed by atoms with E-state index in [0.29, 0.717) is 24.2 Å². The number of halogens is 1. The van der Waals surface area contributed by atoms with Crippen LogP contribution in [0.25, 0.3) is 0 Å². The number of amides is 1. The van der Waals surface area contributed by atoms with Crippen molar-refractivity contribution in [2.45, 2.75) is 198 Å². The molecule has 0 aliphatic carbocycles. The van der Waals surface area contributed by atoms with Gasteiger partial charge in [0.05, 0.1) is 55.2 Å². The molecule has 1 amide bonds. The predicted molar refractivity (Wildman–Crippen MR) is 254 cm³/mol. The number of ether oxygens (including phenoxy) is 9. The van der Waals surface area contributed by atoms with Crippen LogP contribution >= 0.6 is 0 Å². The molecule has 21 heteroatoms. The van der Waals surface area contributed by atoms with Crippen LogP contribution in [0.3, 0.4) is 0 Å². The van der Waals surface area contributed by atoms with Crippen molar-refractivity contribution < 1.29 is 71.6 Å². The number of cyclic esters (lactones) is 1. The first-order valence-corrected chi connectivity index (χ1v) is 24.9. The van der Waals surface area contributed by atoms with E-state index in [1.807, 2.05) is 65.6 Å². The average Bonchev–Trinajstić information content (AvgIpc) is 3.89. The van der Waals surface area contributed by atoms with Gasteiger partial charge in [-0.3, -0.25) is 9.69 Å². The van der Waals surface area contributed by atoms with Crippen LogP contribution in [0.5, 0.6) is 0 Å². The smallest absolute Gasteiger partial charge is 0.458 e. The maximum absolute atomic E-state index is 14.8. The van der Waals surface area contributed by atoms with Crippen molar-refractivity contribution in [1.82, 2.24) is 30.1 Å². The molecule has 400 valence electrons. The summed E-state index contributed by atoms with van der Waals surface area (Å²) in [4.78, 5) is 45.0. The van der Waals surface area contributed by atoms with E-state index in [4.69, 9.17) is 42.6 Å². The number of nitrogens with zero attached hydrogens (tertiary/aromatic N) is 5. The lowest BCUT2D eigenvalue weighted by Gasteiger charge is -2.49. The van der Waals surface area contributed by atoms with Crippen molar-refractivity contribution in [2.75, 3.05) is 34.8 Å². The summed E-state index contributed by atoms with van der Waals surface area (Å²) in [6.07, 6.45) is -8.43. The van der Waals surface area contributed by atoms with Crippen LogP contribution in [-0.4, -0.2) is 178 Å². The molecule has 20 nitrogen and oxygen atoms in total. The first kappa shape index (κ1) is 56.2. The second-order valence-electron chi connectivity index (χ2n) is 21.3. The number of hydrogen-bond donors (Lipinski definition) is 3. The molecule has 71 heavy (non-hydrogen) atoms. The Balaban J connectivity index is 1.28. The molecule has 1 aromatic carbocycles. The normalized spacial score (nSPS) is 39.9. The van der Waals surface area contributed by atoms with E-state index in [2.05, 4.69) is 15.6 Å². The number of esters is 1. The summed E-state index contributed by atoms with van der Waals surface area (Å²) in [5.74, 6) is -3.14. The molecule has 0 spiro atoms. The van der Waals surface area contributed by atoms with E-state index in [1.165, 1.54) is 17.9 Å². The number of fused-ring (bicyclic) bond motifs is 1. The Bertz CT molecular complexity index is 2120. The van der Waals surface area contributed by atoms with Gasteiger partial charge in [0.15, 0.2) is 30.4 Å². The van der Waals surface area contributed by atoms with Gasteiger partial charge in [0, 0.05) is 43.6 Å². The summed E-state index contributed by atoms with van der Waals surface area (Å²) in [7, 11) is 7.14. The Morgan fingerprint density at radius 1 is 1.01 bits per heavy atom. The van der Waals surface area contributed by atoms with Gasteiger partial charge in [-0.25, -0.2) is 18.7 Å². The van der Waals surface area contributed by atoms with Gasteiger partial charge in [-0.15, -0.1) is 5.10 Å². The van der Waals surface area contributed by atoms with E-state index in [9.17, 15) is 29.0 Å². The lowest BCUT2D eigenvalue weighted by atomic mass is 9.77. The molecule has 3 N–H and O–H groups in total. The Labute approximate surface area is 417 Å². The number of aliphatic hydroxyl groups excluding tert-OH is 1. The lowest BCUT2D eigenvalue weighted by molar-refractivity contribution is -0.317. The lowest BCUT2D eigenvalue weighted by Crippen LogP contribution is -2.61. The Hall–Kier alpha value is -4.06. The minimum absolute atomic E-state index is 0.0153. The van der Waals surface area contributed by atoms with Crippen LogP contribution in [0.4, 0.5) is 14.0 Å². The van der Waals surface area contributed by atoms with Crippen LogP contribution in [0.15, 0.2) is 30.5 Å². The van der Waals surface area contributed by atoms with E-state index >= 15 is 0 Å².